The van der Waals surface area contributed by atoms with Gasteiger partial charge in [0.15, 0.2) is 0 Å². The monoisotopic (exact) mass is 233 g/mol. The van der Waals surface area contributed by atoms with E-state index in [9.17, 15) is 4.79 Å². The number of aromatic nitrogens is 1. The fourth-order valence-corrected chi connectivity index (χ4v) is 1.83. The van der Waals surface area contributed by atoms with Crippen molar-refractivity contribution in [3.8, 4) is 0 Å². The van der Waals surface area contributed by atoms with E-state index in [1.165, 1.54) is 0 Å². The Balaban J connectivity index is 2.05. The highest BCUT2D eigenvalue weighted by Gasteiger charge is 2.34. The number of carbonyl (C=O) groups is 1. The molecule has 0 radical (unpaired) electrons. The molecule has 0 spiro atoms. The van der Waals surface area contributed by atoms with Crippen LogP contribution in [0.2, 0.25) is 0 Å². The number of carbonyl (C=O) groups excluding carboxylic acids is 1. The van der Waals surface area contributed by atoms with Crippen molar-refractivity contribution in [2.75, 3.05) is 0 Å². The summed E-state index contributed by atoms with van der Waals surface area (Å²) in [4.78, 5) is 18.3. The van der Waals surface area contributed by atoms with Crippen LogP contribution in [0.25, 0.3) is 0 Å². The Labute approximate surface area is 102 Å². The van der Waals surface area contributed by atoms with Crippen LogP contribution in [-0.4, -0.2) is 27.9 Å². The van der Waals surface area contributed by atoms with Crippen molar-refractivity contribution in [3.63, 3.8) is 0 Å². The highest BCUT2D eigenvalue weighted by atomic mass is 16.2. The van der Waals surface area contributed by atoms with Crippen molar-refractivity contribution in [2.24, 2.45) is 5.73 Å². The Morgan fingerprint density at radius 3 is 2.88 bits per heavy atom. The first kappa shape index (κ1) is 12.0. The third-order valence-corrected chi connectivity index (χ3v) is 3.09. The van der Waals surface area contributed by atoms with E-state index in [4.69, 9.17) is 5.73 Å². The van der Waals surface area contributed by atoms with Gasteiger partial charge in [-0.15, -0.1) is 0 Å². The van der Waals surface area contributed by atoms with Gasteiger partial charge in [0.05, 0.1) is 18.3 Å². The Kier molecular flexibility index (Phi) is 3.74. The van der Waals surface area contributed by atoms with Crippen LogP contribution in [0.15, 0.2) is 24.4 Å². The maximum atomic E-state index is 12.1. The first-order valence-electron chi connectivity index (χ1n) is 6.18. The molecule has 4 heteroatoms. The molecule has 1 aliphatic carbocycles. The average Bonchev–Trinajstić information content (AvgIpc) is 3.19. The predicted octanol–water partition coefficient (Wildman–Crippen LogP) is 1.31. The van der Waals surface area contributed by atoms with Gasteiger partial charge >= 0.3 is 0 Å². The van der Waals surface area contributed by atoms with E-state index >= 15 is 0 Å². The Bertz CT molecular complexity index is 376. The summed E-state index contributed by atoms with van der Waals surface area (Å²) in [5.74, 6) is 0.0562. The molecule has 2 rings (SSSR count). The fraction of sp³-hybridized carbons (Fsp3) is 0.538. The smallest absolute Gasteiger partial charge is 0.240 e. The van der Waals surface area contributed by atoms with E-state index in [0.29, 0.717) is 19.0 Å². The molecule has 1 amide bonds. The quantitative estimate of drug-likeness (QED) is 0.834. The van der Waals surface area contributed by atoms with Crippen LogP contribution in [0.5, 0.6) is 0 Å². The lowest BCUT2D eigenvalue weighted by molar-refractivity contribution is -0.133. The minimum absolute atomic E-state index is 0.0562. The molecule has 1 aliphatic rings. The fourth-order valence-electron chi connectivity index (χ4n) is 1.83. The summed E-state index contributed by atoms with van der Waals surface area (Å²) >= 11 is 0. The molecule has 92 valence electrons. The molecule has 0 aliphatic heterocycles. The zero-order valence-corrected chi connectivity index (χ0v) is 10.2. The van der Waals surface area contributed by atoms with E-state index in [0.717, 1.165) is 18.5 Å². The maximum Gasteiger partial charge on any atom is 0.240 e. The lowest BCUT2D eigenvalue weighted by Gasteiger charge is -2.24. The van der Waals surface area contributed by atoms with Gasteiger partial charge in [0.2, 0.25) is 5.91 Å². The number of amides is 1. The van der Waals surface area contributed by atoms with Crippen LogP contribution < -0.4 is 5.73 Å². The SMILES string of the molecule is CCC(N)C(=O)N(Cc1ccccn1)C1CC1. The third kappa shape index (κ3) is 3.03. The van der Waals surface area contributed by atoms with Gasteiger partial charge in [0.25, 0.3) is 0 Å². The average molecular weight is 233 g/mol. The van der Waals surface area contributed by atoms with Crippen LogP contribution >= 0.6 is 0 Å². The normalized spacial score (nSPS) is 16.6. The van der Waals surface area contributed by atoms with Gasteiger partial charge in [0.1, 0.15) is 0 Å². The van der Waals surface area contributed by atoms with Crippen LogP contribution in [0.1, 0.15) is 31.9 Å². The van der Waals surface area contributed by atoms with Crippen LogP contribution in [0.3, 0.4) is 0 Å². The molecule has 1 unspecified atom stereocenters. The first-order valence-corrected chi connectivity index (χ1v) is 6.18. The van der Waals surface area contributed by atoms with Crippen LogP contribution in [0, 0.1) is 0 Å². The van der Waals surface area contributed by atoms with Gasteiger partial charge in [0, 0.05) is 12.2 Å². The van der Waals surface area contributed by atoms with Crippen molar-refractivity contribution in [1.82, 2.24) is 9.88 Å². The second kappa shape index (κ2) is 5.27. The Morgan fingerprint density at radius 2 is 2.35 bits per heavy atom. The molecule has 0 saturated heterocycles. The number of hydrogen-bond acceptors (Lipinski definition) is 3. The predicted molar refractivity (Wildman–Crippen MR) is 66.1 cm³/mol. The van der Waals surface area contributed by atoms with E-state index in [1.54, 1.807) is 6.20 Å². The minimum atomic E-state index is -0.376. The number of nitrogens with two attached hydrogens (primary N) is 1. The standard InChI is InChI=1S/C13H19N3O/c1-2-12(14)13(17)16(11-6-7-11)9-10-5-3-4-8-15-10/h3-5,8,11-12H,2,6-7,9,14H2,1H3. The Morgan fingerprint density at radius 1 is 1.59 bits per heavy atom. The highest BCUT2D eigenvalue weighted by molar-refractivity contribution is 5.82. The summed E-state index contributed by atoms with van der Waals surface area (Å²) < 4.78 is 0. The van der Waals surface area contributed by atoms with Crippen LogP contribution in [-0.2, 0) is 11.3 Å². The van der Waals surface area contributed by atoms with Gasteiger partial charge in [-0.2, -0.15) is 0 Å². The lowest BCUT2D eigenvalue weighted by atomic mass is 10.2. The molecule has 1 heterocycles. The second-order valence-electron chi connectivity index (χ2n) is 4.53. The molecule has 1 saturated carbocycles. The summed E-state index contributed by atoms with van der Waals surface area (Å²) in [6.45, 7) is 2.52. The third-order valence-electron chi connectivity index (χ3n) is 3.09. The van der Waals surface area contributed by atoms with E-state index in [-0.39, 0.29) is 11.9 Å². The molecular formula is C13H19N3O. The maximum absolute atomic E-state index is 12.1. The highest BCUT2D eigenvalue weighted by Crippen LogP contribution is 2.28. The van der Waals surface area contributed by atoms with Gasteiger partial charge in [-0.25, -0.2) is 0 Å². The summed E-state index contributed by atoms with van der Waals surface area (Å²) in [6.07, 6.45) is 4.62. The number of rotatable bonds is 5. The number of hydrogen-bond donors (Lipinski definition) is 1. The molecule has 17 heavy (non-hydrogen) atoms. The second-order valence-corrected chi connectivity index (χ2v) is 4.53. The zero-order chi connectivity index (χ0) is 12.3. The van der Waals surface area contributed by atoms with Crippen LogP contribution in [0.4, 0.5) is 0 Å². The molecule has 0 bridgehead atoms. The first-order chi connectivity index (χ1) is 8.22. The Hall–Kier alpha value is -1.42. The summed E-state index contributed by atoms with van der Waals surface area (Å²) in [5, 5.41) is 0. The number of pyridine rings is 1. The molecule has 2 N–H and O–H groups in total. The van der Waals surface area contributed by atoms with Gasteiger partial charge in [-0.1, -0.05) is 13.0 Å². The van der Waals surface area contributed by atoms with Gasteiger partial charge < -0.3 is 10.6 Å². The molecule has 1 aromatic rings. The van der Waals surface area contributed by atoms with Crippen molar-refractivity contribution in [3.05, 3.63) is 30.1 Å². The molecule has 4 nitrogen and oxygen atoms in total. The summed E-state index contributed by atoms with van der Waals surface area (Å²) in [6, 6.07) is 5.77. The number of nitrogens with zero attached hydrogens (tertiary/aromatic N) is 2. The minimum Gasteiger partial charge on any atom is -0.332 e. The summed E-state index contributed by atoms with van der Waals surface area (Å²) in [7, 11) is 0. The topological polar surface area (TPSA) is 59.2 Å². The van der Waals surface area contributed by atoms with Crippen molar-refractivity contribution < 1.29 is 4.79 Å². The molecule has 1 atom stereocenters. The largest absolute Gasteiger partial charge is 0.332 e. The molecule has 1 aromatic heterocycles. The van der Waals surface area contributed by atoms with Crippen molar-refractivity contribution >= 4 is 5.91 Å². The zero-order valence-electron chi connectivity index (χ0n) is 10.2. The van der Waals surface area contributed by atoms with Crippen molar-refractivity contribution in [1.29, 1.82) is 0 Å². The van der Waals surface area contributed by atoms with Crippen molar-refractivity contribution in [2.45, 2.75) is 44.8 Å². The molecular weight excluding hydrogens is 214 g/mol. The lowest BCUT2D eigenvalue weighted by Crippen LogP contribution is -2.44. The molecule has 0 aromatic carbocycles. The van der Waals surface area contributed by atoms with E-state index < -0.39 is 0 Å². The van der Waals surface area contributed by atoms with E-state index in [1.807, 2.05) is 30.0 Å². The summed E-state index contributed by atoms with van der Waals surface area (Å²) in [5.41, 5.74) is 6.75. The molecule has 1 fully saturated rings. The van der Waals surface area contributed by atoms with E-state index in [2.05, 4.69) is 4.98 Å². The van der Waals surface area contributed by atoms with Gasteiger partial charge in [-0.3, -0.25) is 9.78 Å². The van der Waals surface area contributed by atoms with Gasteiger partial charge in [-0.05, 0) is 31.4 Å².